The summed E-state index contributed by atoms with van der Waals surface area (Å²) in [6, 6.07) is 8.70. The van der Waals surface area contributed by atoms with E-state index in [-0.39, 0.29) is 5.97 Å². The van der Waals surface area contributed by atoms with Crippen LogP contribution in [0.2, 0.25) is 0 Å². The molecule has 1 aromatic rings. The van der Waals surface area contributed by atoms with E-state index >= 15 is 0 Å². The van der Waals surface area contributed by atoms with E-state index < -0.39 is 0 Å². The van der Waals surface area contributed by atoms with Gasteiger partial charge in [-0.1, -0.05) is 31.0 Å². The van der Waals surface area contributed by atoms with Gasteiger partial charge < -0.3 is 9.64 Å². The second kappa shape index (κ2) is 8.79. The van der Waals surface area contributed by atoms with E-state index in [0.29, 0.717) is 13.0 Å². The largest absolute Gasteiger partial charge is 0.466 e. The summed E-state index contributed by atoms with van der Waals surface area (Å²) in [5, 5.41) is 0. The first-order valence-electron chi connectivity index (χ1n) is 8.38. The van der Waals surface area contributed by atoms with Crippen LogP contribution in [-0.4, -0.2) is 50.2 Å². The van der Waals surface area contributed by atoms with Crippen LogP contribution in [0.25, 0.3) is 0 Å². The number of benzene rings is 1. The lowest BCUT2D eigenvalue weighted by atomic mass is 10.2. The molecule has 1 saturated heterocycles. The van der Waals surface area contributed by atoms with Crippen LogP contribution in [0.15, 0.2) is 24.3 Å². The Hall–Kier alpha value is -1.55. The molecule has 0 radical (unpaired) electrons. The summed E-state index contributed by atoms with van der Waals surface area (Å²) in [4.78, 5) is 16.4. The molecule has 0 saturated carbocycles. The topological polar surface area (TPSA) is 32.8 Å². The van der Waals surface area contributed by atoms with Gasteiger partial charge in [-0.15, -0.1) is 0 Å². The summed E-state index contributed by atoms with van der Waals surface area (Å²) in [7, 11) is 0. The first kappa shape index (κ1) is 16.8. The normalized spacial score (nSPS) is 15.8. The monoisotopic (exact) mass is 304 g/mol. The van der Waals surface area contributed by atoms with Crippen molar-refractivity contribution in [1.29, 1.82) is 0 Å². The zero-order chi connectivity index (χ0) is 15.8. The zero-order valence-electron chi connectivity index (χ0n) is 13.9. The van der Waals surface area contributed by atoms with E-state index in [1.54, 1.807) is 0 Å². The van der Waals surface area contributed by atoms with Crippen LogP contribution in [0.4, 0.5) is 5.69 Å². The Kier molecular flexibility index (Phi) is 6.72. The van der Waals surface area contributed by atoms with E-state index in [9.17, 15) is 4.79 Å². The van der Waals surface area contributed by atoms with Gasteiger partial charge in [-0.3, -0.25) is 9.69 Å². The van der Waals surface area contributed by atoms with Gasteiger partial charge in [-0.2, -0.15) is 0 Å². The number of aryl methyl sites for hydroxylation is 1. The fourth-order valence-electron chi connectivity index (χ4n) is 2.64. The third-order valence-corrected chi connectivity index (χ3v) is 4.16. The average molecular weight is 304 g/mol. The molecule has 0 bridgehead atoms. The maximum absolute atomic E-state index is 11.6. The van der Waals surface area contributed by atoms with Gasteiger partial charge in [0.15, 0.2) is 0 Å². The van der Waals surface area contributed by atoms with Crippen molar-refractivity contribution in [3.63, 3.8) is 0 Å². The van der Waals surface area contributed by atoms with Gasteiger partial charge in [0.05, 0.1) is 13.0 Å². The van der Waals surface area contributed by atoms with Gasteiger partial charge in [0.25, 0.3) is 0 Å². The lowest BCUT2D eigenvalue weighted by Crippen LogP contribution is -2.47. The molecule has 1 aromatic carbocycles. The molecule has 122 valence electrons. The van der Waals surface area contributed by atoms with Crippen molar-refractivity contribution in [2.75, 3.05) is 44.2 Å². The van der Waals surface area contributed by atoms with Crippen molar-refractivity contribution in [2.24, 2.45) is 0 Å². The predicted octanol–water partition coefficient (Wildman–Crippen LogP) is 2.85. The molecule has 1 aliphatic rings. The molecule has 0 aliphatic carbocycles. The number of esters is 1. The molecule has 1 aliphatic heterocycles. The smallest absolute Gasteiger partial charge is 0.307 e. The van der Waals surface area contributed by atoms with Gasteiger partial charge in [-0.25, -0.2) is 0 Å². The minimum atomic E-state index is -0.0607. The molecule has 0 unspecified atom stereocenters. The van der Waals surface area contributed by atoms with Crippen LogP contribution in [-0.2, 0) is 9.53 Å². The Labute approximate surface area is 134 Å². The van der Waals surface area contributed by atoms with Crippen molar-refractivity contribution in [3.05, 3.63) is 29.8 Å². The number of hydrogen-bond donors (Lipinski definition) is 0. The van der Waals surface area contributed by atoms with Crippen LogP contribution in [0.5, 0.6) is 0 Å². The minimum absolute atomic E-state index is 0.0607. The quantitative estimate of drug-likeness (QED) is 0.573. The highest BCUT2D eigenvalue weighted by Crippen LogP contribution is 2.17. The molecular formula is C18H28N2O2. The average Bonchev–Trinajstić information content (AvgIpc) is 2.54. The molecule has 4 heteroatoms. The van der Waals surface area contributed by atoms with E-state index in [2.05, 4.69) is 47.9 Å². The Balaban J connectivity index is 1.66. The van der Waals surface area contributed by atoms with Crippen molar-refractivity contribution in [2.45, 2.75) is 33.1 Å². The van der Waals surface area contributed by atoms with Crippen LogP contribution in [0.3, 0.4) is 0 Å². The Bertz CT molecular complexity index is 451. The van der Waals surface area contributed by atoms with Gasteiger partial charge >= 0.3 is 5.97 Å². The Morgan fingerprint density at radius 1 is 1.14 bits per heavy atom. The van der Waals surface area contributed by atoms with E-state index in [0.717, 1.165) is 45.6 Å². The fraction of sp³-hybridized carbons (Fsp3) is 0.611. The Morgan fingerprint density at radius 3 is 2.45 bits per heavy atom. The van der Waals surface area contributed by atoms with Crippen molar-refractivity contribution in [3.8, 4) is 0 Å². The number of carbonyl (C=O) groups is 1. The summed E-state index contributed by atoms with van der Waals surface area (Å²) in [6.45, 7) is 9.65. The van der Waals surface area contributed by atoms with Crippen molar-refractivity contribution < 1.29 is 9.53 Å². The molecule has 2 rings (SSSR count). The highest BCUT2D eigenvalue weighted by molar-refractivity contribution is 5.69. The second-order valence-electron chi connectivity index (χ2n) is 5.99. The first-order valence-corrected chi connectivity index (χ1v) is 8.38. The molecule has 0 spiro atoms. The lowest BCUT2D eigenvalue weighted by Gasteiger charge is -2.36. The van der Waals surface area contributed by atoms with Gasteiger partial charge in [-0.05, 0) is 25.5 Å². The maximum atomic E-state index is 11.6. The van der Waals surface area contributed by atoms with E-state index in [1.165, 1.54) is 11.3 Å². The van der Waals surface area contributed by atoms with E-state index in [1.807, 2.05) is 0 Å². The molecule has 0 N–H and O–H groups in total. The molecule has 4 nitrogen and oxygen atoms in total. The highest BCUT2D eigenvalue weighted by atomic mass is 16.5. The standard InChI is InChI=1S/C18H28N2O2/c1-3-4-15-22-18(21)9-10-19-11-13-20(14-12-19)17-7-5-16(2)6-8-17/h5-8H,3-4,9-15H2,1-2H3. The molecule has 0 amide bonds. The molecule has 1 heterocycles. The van der Waals surface area contributed by atoms with Gasteiger partial charge in [0.1, 0.15) is 0 Å². The predicted molar refractivity (Wildman–Crippen MR) is 90.3 cm³/mol. The zero-order valence-corrected chi connectivity index (χ0v) is 13.9. The van der Waals surface area contributed by atoms with Crippen molar-refractivity contribution in [1.82, 2.24) is 4.90 Å². The number of rotatable bonds is 7. The third-order valence-electron chi connectivity index (χ3n) is 4.16. The van der Waals surface area contributed by atoms with E-state index in [4.69, 9.17) is 4.74 Å². The summed E-state index contributed by atoms with van der Waals surface area (Å²) in [6.07, 6.45) is 2.53. The number of nitrogens with zero attached hydrogens (tertiary/aromatic N) is 2. The minimum Gasteiger partial charge on any atom is -0.466 e. The van der Waals surface area contributed by atoms with Crippen molar-refractivity contribution >= 4 is 11.7 Å². The van der Waals surface area contributed by atoms with Crippen LogP contribution < -0.4 is 4.90 Å². The maximum Gasteiger partial charge on any atom is 0.307 e. The van der Waals surface area contributed by atoms with Gasteiger partial charge in [0.2, 0.25) is 0 Å². The fourth-order valence-corrected chi connectivity index (χ4v) is 2.64. The molecular weight excluding hydrogens is 276 g/mol. The number of ether oxygens (including phenoxy) is 1. The number of carbonyl (C=O) groups excluding carboxylic acids is 1. The lowest BCUT2D eigenvalue weighted by molar-refractivity contribution is -0.144. The second-order valence-corrected chi connectivity index (χ2v) is 5.99. The first-order chi connectivity index (χ1) is 10.7. The highest BCUT2D eigenvalue weighted by Gasteiger charge is 2.17. The molecule has 0 atom stereocenters. The number of anilines is 1. The molecule has 22 heavy (non-hydrogen) atoms. The van der Waals surface area contributed by atoms with Crippen LogP contribution in [0, 0.1) is 6.92 Å². The number of piperazine rings is 1. The van der Waals surface area contributed by atoms with Crippen LogP contribution >= 0.6 is 0 Å². The third kappa shape index (κ3) is 5.34. The molecule has 0 aromatic heterocycles. The number of hydrogen-bond acceptors (Lipinski definition) is 4. The SMILES string of the molecule is CCCCOC(=O)CCN1CCN(c2ccc(C)cc2)CC1. The summed E-state index contributed by atoms with van der Waals surface area (Å²) < 4.78 is 5.20. The summed E-state index contributed by atoms with van der Waals surface area (Å²) >= 11 is 0. The van der Waals surface area contributed by atoms with Crippen LogP contribution in [0.1, 0.15) is 31.7 Å². The number of unbranched alkanes of at least 4 members (excludes halogenated alkanes) is 1. The summed E-state index contributed by atoms with van der Waals surface area (Å²) in [5.41, 5.74) is 2.59. The summed E-state index contributed by atoms with van der Waals surface area (Å²) in [5.74, 6) is -0.0607. The van der Waals surface area contributed by atoms with Gasteiger partial charge in [0, 0.05) is 38.4 Å². The molecule has 1 fully saturated rings. The Morgan fingerprint density at radius 2 is 1.82 bits per heavy atom.